The average molecular weight is 485 g/mol. The van der Waals surface area contributed by atoms with Crippen molar-refractivity contribution in [1.82, 2.24) is 28.6 Å². The van der Waals surface area contributed by atoms with Gasteiger partial charge in [0, 0.05) is 62.4 Å². The third kappa shape index (κ3) is 4.86. The fourth-order valence-electron chi connectivity index (χ4n) is 3.56. The summed E-state index contributed by atoms with van der Waals surface area (Å²) in [7, 11) is -1.37. The van der Waals surface area contributed by atoms with E-state index in [4.69, 9.17) is 4.52 Å². The van der Waals surface area contributed by atoms with Crippen molar-refractivity contribution in [3.05, 3.63) is 34.6 Å². The first kappa shape index (κ1) is 20.9. The lowest BCUT2D eigenvalue weighted by Crippen LogP contribution is -2.56. The van der Waals surface area contributed by atoms with Crippen LogP contribution in [0.4, 0.5) is 0 Å². The van der Waals surface area contributed by atoms with Crippen LogP contribution in [0, 0.1) is 0 Å². The molecule has 0 N–H and O–H groups in total. The summed E-state index contributed by atoms with van der Waals surface area (Å²) in [5.41, 5.74) is 0.887. The van der Waals surface area contributed by atoms with Crippen molar-refractivity contribution >= 4 is 26.1 Å². The van der Waals surface area contributed by atoms with Crippen molar-refractivity contribution in [2.24, 2.45) is 0 Å². The van der Waals surface area contributed by atoms with Crippen molar-refractivity contribution < 1.29 is 12.9 Å². The number of halogens is 1. The molecule has 158 valence electrons. The average Bonchev–Trinajstić information content (AvgIpc) is 3.17. The van der Waals surface area contributed by atoms with Crippen molar-refractivity contribution in [1.29, 1.82) is 0 Å². The molecule has 0 unspecified atom stereocenters. The molecular formula is C18H25BrN6O3S. The molecule has 0 saturated carbocycles. The number of rotatable bonds is 5. The van der Waals surface area contributed by atoms with E-state index in [0.29, 0.717) is 57.5 Å². The molecule has 0 aliphatic carbocycles. The summed E-state index contributed by atoms with van der Waals surface area (Å²) in [4.78, 5) is 8.78. The van der Waals surface area contributed by atoms with Gasteiger partial charge in [-0.15, -0.1) is 0 Å². The predicted molar refractivity (Wildman–Crippen MR) is 112 cm³/mol. The summed E-state index contributed by atoms with van der Waals surface area (Å²) in [6, 6.07) is 7.74. The molecule has 2 fully saturated rings. The van der Waals surface area contributed by atoms with Crippen LogP contribution in [0.5, 0.6) is 0 Å². The van der Waals surface area contributed by atoms with Crippen LogP contribution >= 0.6 is 15.9 Å². The minimum Gasteiger partial charge on any atom is -0.338 e. The highest BCUT2D eigenvalue weighted by molar-refractivity contribution is 9.10. The highest BCUT2D eigenvalue weighted by atomic mass is 79.9. The minimum atomic E-state index is -3.38. The Morgan fingerprint density at radius 2 is 1.69 bits per heavy atom. The molecule has 2 aliphatic heterocycles. The zero-order chi connectivity index (χ0) is 20.4. The van der Waals surface area contributed by atoms with Gasteiger partial charge in [-0.2, -0.15) is 22.0 Å². The van der Waals surface area contributed by atoms with Crippen molar-refractivity contribution in [2.45, 2.75) is 6.54 Å². The van der Waals surface area contributed by atoms with Crippen LogP contribution in [0.2, 0.25) is 0 Å². The van der Waals surface area contributed by atoms with Crippen LogP contribution in [-0.2, 0) is 16.8 Å². The lowest BCUT2D eigenvalue weighted by molar-refractivity contribution is 0.152. The molecule has 1 aromatic carbocycles. The van der Waals surface area contributed by atoms with Crippen molar-refractivity contribution in [3.63, 3.8) is 0 Å². The lowest BCUT2D eigenvalue weighted by Gasteiger charge is -2.38. The Labute approximate surface area is 179 Å². The van der Waals surface area contributed by atoms with Crippen LogP contribution < -0.4 is 0 Å². The Morgan fingerprint density at radius 1 is 1.03 bits per heavy atom. The van der Waals surface area contributed by atoms with Crippen LogP contribution in [-0.4, -0.2) is 96.4 Å². The number of hydrogen-bond acceptors (Lipinski definition) is 7. The van der Waals surface area contributed by atoms with Gasteiger partial charge in [0.15, 0.2) is 0 Å². The first-order chi connectivity index (χ1) is 13.9. The molecule has 0 bridgehead atoms. The molecule has 0 radical (unpaired) electrons. The van der Waals surface area contributed by atoms with Gasteiger partial charge in [-0.25, -0.2) is 0 Å². The molecule has 11 heteroatoms. The largest absolute Gasteiger partial charge is 0.338 e. The second-order valence-corrected chi connectivity index (χ2v) is 10.3. The van der Waals surface area contributed by atoms with Crippen LogP contribution in [0.15, 0.2) is 33.3 Å². The van der Waals surface area contributed by atoms with Gasteiger partial charge in [0.1, 0.15) is 0 Å². The Kier molecular flexibility index (Phi) is 6.32. The summed E-state index contributed by atoms with van der Waals surface area (Å²) in [6.07, 6.45) is 0. The molecule has 9 nitrogen and oxygen atoms in total. The SMILES string of the molecule is CN1CCN(S(=O)(=O)N2CCN(Cc3nc(-c4cccc(Br)c4)no3)CC2)CC1. The molecule has 0 spiro atoms. The maximum atomic E-state index is 12.9. The molecular weight excluding hydrogens is 460 g/mol. The number of aromatic nitrogens is 2. The normalized spacial score (nSPS) is 20.9. The summed E-state index contributed by atoms with van der Waals surface area (Å²) in [5.74, 6) is 1.09. The number of nitrogens with zero attached hydrogens (tertiary/aromatic N) is 6. The van der Waals surface area contributed by atoms with E-state index in [0.717, 1.165) is 23.1 Å². The topological polar surface area (TPSA) is 86.0 Å². The van der Waals surface area contributed by atoms with Gasteiger partial charge < -0.3 is 9.42 Å². The van der Waals surface area contributed by atoms with Crippen LogP contribution in [0.25, 0.3) is 11.4 Å². The van der Waals surface area contributed by atoms with E-state index in [-0.39, 0.29) is 0 Å². The van der Waals surface area contributed by atoms with Crippen LogP contribution in [0.1, 0.15) is 5.89 Å². The fraction of sp³-hybridized carbons (Fsp3) is 0.556. The number of likely N-dealkylation sites (N-methyl/N-ethyl adjacent to an activating group) is 1. The number of piperazine rings is 2. The third-order valence-electron chi connectivity index (χ3n) is 5.36. The van der Waals surface area contributed by atoms with E-state index < -0.39 is 10.2 Å². The Morgan fingerprint density at radius 3 is 2.34 bits per heavy atom. The van der Waals surface area contributed by atoms with E-state index in [2.05, 4.69) is 35.9 Å². The lowest BCUT2D eigenvalue weighted by atomic mass is 10.2. The molecule has 2 saturated heterocycles. The first-order valence-corrected chi connectivity index (χ1v) is 11.9. The number of benzene rings is 1. The van der Waals surface area contributed by atoms with Crippen LogP contribution in [0.3, 0.4) is 0 Å². The first-order valence-electron chi connectivity index (χ1n) is 9.66. The molecule has 2 aromatic rings. The summed E-state index contributed by atoms with van der Waals surface area (Å²) in [6.45, 7) is 5.40. The van der Waals surface area contributed by atoms with Crippen molar-refractivity contribution in [2.75, 3.05) is 59.4 Å². The number of hydrogen-bond donors (Lipinski definition) is 0. The highest BCUT2D eigenvalue weighted by Gasteiger charge is 2.34. The van der Waals surface area contributed by atoms with E-state index in [1.807, 2.05) is 31.3 Å². The molecule has 29 heavy (non-hydrogen) atoms. The molecule has 0 amide bonds. The molecule has 1 aromatic heterocycles. The summed E-state index contributed by atoms with van der Waals surface area (Å²) in [5, 5.41) is 4.06. The zero-order valence-electron chi connectivity index (χ0n) is 16.4. The van der Waals surface area contributed by atoms with Gasteiger partial charge in [0.2, 0.25) is 11.7 Å². The minimum absolute atomic E-state index is 0.474. The monoisotopic (exact) mass is 484 g/mol. The Bertz CT molecular complexity index is 937. The molecule has 2 aliphatic rings. The quantitative estimate of drug-likeness (QED) is 0.627. The van der Waals surface area contributed by atoms with Gasteiger partial charge in [0.25, 0.3) is 10.2 Å². The van der Waals surface area contributed by atoms with Gasteiger partial charge in [-0.3, -0.25) is 4.90 Å². The molecule has 3 heterocycles. The van der Waals surface area contributed by atoms with E-state index in [1.165, 1.54) is 0 Å². The Balaban J connectivity index is 1.32. The van der Waals surface area contributed by atoms with E-state index >= 15 is 0 Å². The smallest absolute Gasteiger partial charge is 0.282 e. The van der Waals surface area contributed by atoms with Gasteiger partial charge in [-0.05, 0) is 19.2 Å². The fourth-order valence-corrected chi connectivity index (χ4v) is 5.53. The molecule has 4 rings (SSSR count). The summed E-state index contributed by atoms with van der Waals surface area (Å²) < 4.78 is 35.3. The predicted octanol–water partition coefficient (Wildman–Crippen LogP) is 1.11. The third-order valence-corrected chi connectivity index (χ3v) is 7.88. The standard InChI is InChI=1S/C18H25BrN6O3S/c1-22-5-9-24(10-6-22)29(26,27)25-11-7-23(8-12-25)14-17-20-18(21-28-17)15-3-2-4-16(19)13-15/h2-4,13H,5-12,14H2,1H3. The molecule has 0 atom stereocenters. The Hall–Kier alpha value is -1.37. The maximum absolute atomic E-state index is 12.9. The summed E-state index contributed by atoms with van der Waals surface area (Å²) >= 11 is 3.45. The highest BCUT2D eigenvalue weighted by Crippen LogP contribution is 2.21. The second kappa shape index (κ2) is 8.78. The maximum Gasteiger partial charge on any atom is 0.282 e. The van der Waals surface area contributed by atoms with Gasteiger partial charge in [-0.1, -0.05) is 33.2 Å². The van der Waals surface area contributed by atoms with E-state index in [9.17, 15) is 8.42 Å². The van der Waals surface area contributed by atoms with Crippen molar-refractivity contribution in [3.8, 4) is 11.4 Å². The van der Waals surface area contributed by atoms with Gasteiger partial charge in [0.05, 0.1) is 6.54 Å². The van der Waals surface area contributed by atoms with Gasteiger partial charge >= 0.3 is 0 Å². The zero-order valence-corrected chi connectivity index (χ0v) is 18.8. The second-order valence-electron chi connectivity index (χ2n) is 7.41. The van der Waals surface area contributed by atoms with E-state index in [1.54, 1.807) is 8.61 Å².